The molecule has 0 unspecified atom stereocenters. The molecule has 0 aliphatic rings. The lowest BCUT2D eigenvalue weighted by atomic mass is 10.2. The van der Waals surface area contributed by atoms with Crippen LogP contribution in [0.3, 0.4) is 0 Å². The zero-order valence-corrected chi connectivity index (χ0v) is 11.1. The van der Waals surface area contributed by atoms with Crippen molar-refractivity contribution in [1.29, 1.82) is 0 Å². The smallest absolute Gasteiger partial charge is 0.249 e. The van der Waals surface area contributed by atoms with Crippen LogP contribution < -0.4 is 10.7 Å². The molecule has 0 aliphatic carbocycles. The third-order valence-electron chi connectivity index (χ3n) is 2.12. The van der Waals surface area contributed by atoms with Gasteiger partial charge >= 0.3 is 0 Å². The van der Waals surface area contributed by atoms with Crippen molar-refractivity contribution in [3.63, 3.8) is 0 Å². The average molecular weight is 262 g/mol. The first-order valence-electron chi connectivity index (χ1n) is 6.06. The van der Waals surface area contributed by atoms with E-state index in [1.54, 1.807) is 24.5 Å². The van der Waals surface area contributed by atoms with Crippen LogP contribution in [0.2, 0.25) is 0 Å². The molecule has 19 heavy (non-hydrogen) atoms. The number of hydrogen-bond acceptors (Lipinski definition) is 4. The molecule has 0 atom stereocenters. The summed E-state index contributed by atoms with van der Waals surface area (Å²) in [6.45, 7) is 4.53. The summed E-state index contributed by atoms with van der Waals surface area (Å²) >= 11 is 0. The Morgan fingerprint density at radius 1 is 1.42 bits per heavy atom. The Kier molecular flexibility index (Phi) is 6.21. The number of carbonyl (C=O) groups excluding carboxylic acids is 2. The van der Waals surface area contributed by atoms with Crippen LogP contribution in [0.25, 0.3) is 0 Å². The van der Waals surface area contributed by atoms with Gasteiger partial charge in [0.2, 0.25) is 11.8 Å². The van der Waals surface area contributed by atoms with E-state index in [9.17, 15) is 9.59 Å². The third-order valence-corrected chi connectivity index (χ3v) is 2.12. The van der Waals surface area contributed by atoms with Crippen LogP contribution in [0.15, 0.2) is 29.6 Å². The van der Waals surface area contributed by atoms with E-state index in [4.69, 9.17) is 0 Å². The lowest BCUT2D eigenvalue weighted by Gasteiger charge is -2.06. The van der Waals surface area contributed by atoms with Crippen molar-refractivity contribution in [2.75, 3.05) is 6.54 Å². The summed E-state index contributed by atoms with van der Waals surface area (Å²) in [7, 11) is 0. The molecule has 0 aliphatic heterocycles. The van der Waals surface area contributed by atoms with Gasteiger partial charge in [-0.3, -0.25) is 14.6 Å². The number of amides is 2. The van der Waals surface area contributed by atoms with E-state index < -0.39 is 5.91 Å². The first-order chi connectivity index (χ1) is 9.08. The second-order valence-electron chi connectivity index (χ2n) is 4.45. The van der Waals surface area contributed by atoms with Gasteiger partial charge in [-0.25, -0.2) is 5.43 Å². The number of carbonyl (C=O) groups is 2. The first kappa shape index (κ1) is 14.8. The molecule has 2 N–H and O–H groups in total. The number of hydrazone groups is 1. The molecule has 0 radical (unpaired) electrons. The first-order valence-corrected chi connectivity index (χ1v) is 6.06. The molecule has 1 rings (SSSR count). The van der Waals surface area contributed by atoms with Crippen molar-refractivity contribution in [3.05, 3.63) is 30.1 Å². The van der Waals surface area contributed by atoms with Crippen molar-refractivity contribution < 1.29 is 9.59 Å². The van der Waals surface area contributed by atoms with Crippen LogP contribution in [0.5, 0.6) is 0 Å². The highest BCUT2D eigenvalue weighted by atomic mass is 16.2. The topological polar surface area (TPSA) is 83.5 Å². The second-order valence-corrected chi connectivity index (χ2v) is 4.45. The highest BCUT2D eigenvalue weighted by molar-refractivity contribution is 5.97. The van der Waals surface area contributed by atoms with Gasteiger partial charge in [0.15, 0.2) is 0 Å². The highest BCUT2D eigenvalue weighted by Crippen LogP contribution is 1.90. The van der Waals surface area contributed by atoms with E-state index in [1.807, 2.05) is 13.8 Å². The average Bonchev–Trinajstić information content (AvgIpc) is 2.37. The maximum atomic E-state index is 11.4. The fourth-order valence-electron chi connectivity index (χ4n) is 1.20. The number of nitrogens with zero attached hydrogens (tertiary/aromatic N) is 2. The maximum absolute atomic E-state index is 11.4. The Bertz CT molecular complexity index is 443. The highest BCUT2D eigenvalue weighted by Gasteiger charge is 2.08. The Hall–Kier alpha value is -2.24. The molecule has 0 bridgehead atoms. The zero-order chi connectivity index (χ0) is 14.1. The summed E-state index contributed by atoms with van der Waals surface area (Å²) in [6.07, 6.45) is 4.51. The molecule has 0 saturated carbocycles. The van der Waals surface area contributed by atoms with Gasteiger partial charge in [-0.1, -0.05) is 19.9 Å². The van der Waals surface area contributed by atoms with Gasteiger partial charge in [-0.05, 0) is 12.0 Å². The van der Waals surface area contributed by atoms with Crippen molar-refractivity contribution in [2.45, 2.75) is 20.3 Å². The minimum atomic E-state index is -0.443. The summed E-state index contributed by atoms with van der Waals surface area (Å²) in [5, 5.41) is 6.40. The molecule has 0 aromatic carbocycles. The molecule has 1 aromatic rings. The zero-order valence-electron chi connectivity index (χ0n) is 11.1. The number of aromatic nitrogens is 1. The molecule has 0 spiro atoms. The molecule has 6 nitrogen and oxygen atoms in total. The molecule has 2 amide bonds. The van der Waals surface area contributed by atoms with Crippen molar-refractivity contribution in [3.8, 4) is 0 Å². The van der Waals surface area contributed by atoms with Crippen molar-refractivity contribution in [1.82, 2.24) is 15.7 Å². The Labute approximate surface area is 112 Å². The van der Waals surface area contributed by atoms with Crippen molar-refractivity contribution >= 4 is 18.0 Å². The number of rotatable bonds is 6. The molecular weight excluding hydrogens is 244 g/mol. The predicted molar refractivity (Wildman–Crippen MR) is 72.4 cm³/mol. The fourth-order valence-corrected chi connectivity index (χ4v) is 1.20. The van der Waals surface area contributed by atoms with E-state index >= 15 is 0 Å². The number of nitrogens with one attached hydrogen (secondary N) is 2. The van der Waals surface area contributed by atoms with Crippen LogP contribution in [-0.2, 0) is 9.59 Å². The van der Waals surface area contributed by atoms with E-state index in [2.05, 4.69) is 20.8 Å². The van der Waals surface area contributed by atoms with Gasteiger partial charge < -0.3 is 5.32 Å². The Morgan fingerprint density at radius 2 is 2.21 bits per heavy atom. The van der Waals surface area contributed by atoms with Gasteiger partial charge in [0, 0.05) is 24.5 Å². The van der Waals surface area contributed by atoms with Crippen LogP contribution in [-0.4, -0.2) is 29.6 Å². The standard InChI is InChI=1S/C13H18N4O2/c1-10(2)7-15-12(18)6-13(19)17-16-9-11-4-3-5-14-8-11/h3-5,8-10H,6-7H2,1-2H3,(H,15,18)(H,17,19)/b16-9+. The van der Waals surface area contributed by atoms with Gasteiger partial charge in [0.05, 0.1) is 6.21 Å². The molecule has 0 saturated heterocycles. The summed E-state index contributed by atoms with van der Waals surface area (Å²) in [5.74, 6) is -0.389. The summed E-state index contributed by atoms with van der Waals surface area (Å²) < 4.78 is 0. The maximum Gasteiger partial charge on any atom is 0.249 e. The number of pyridine rings is 1. The largest absolute Gasteiger partial charge is 0.355 e. The fraction of sp³-hybridized carbons (Fsp3) is 0.385. The second kappa shape index (κ2) is 7.97. The molecule has 1 aromatic heterocycles. The summed E-state index contributed by atoms with van der Waals surface area (Å²) in [5.41, 5.74) is 3.06. The minimum Gasteiger partial charge on any atom is -0.355 e. The van der Waals surface area contributed by atoms with Gasteiger partial charge in [0.1, 0.15) is 6.42 Å². The molecule has 0 fully saturated rings. The molecular formula is C13H18N4O2. The summed E-state index contributed by atoms with van der Waals surface area (Å²) in [4.78, 5) is 26.6. The van der Waals surface area contributed by atoms with Gasteiger partial charge in [-0.15, -0.1) is 0 Å². The SMILES string of the molecule is CC(C)CNC(=O)CC(=O)N/N=C/c1cccnc1. The molecule has 1 heterocycles. The van der Waals surface area contributed by atoms with Crippen LogP contribution in [0.1, 0.15) is 25.8 Å². The molecule has 6 heteroatoms. The normalized spacial score (nSPS) is 10.7. The quantitative estimate of drug-likeness (QED) is 0.449. The Balaban J connectivity index is 2.28. The lowest BCUT2D eigenvalue weighted by Crippen LogP contribution is -2.32. The van der Waals surface area contributed by atoms with E-state index in [0.29, 0.717) is 12.5 Å². The van der Waals surface area contributed by atoms with E-state index in [0.717, 1.165) is 5.56 Å². The predicted octanol–water partition coefficient (Wildman–Crippen LogP) is 0.694. The Morgan fingerprint density at radius 3 is 2.84 bits per heavy atom. The molecule has 102 valence electrons. The van der Waals surface area contributed by atoms with Crippen LogP contribution in [0, 0.1) is 5.92 Å². The third kappa shape index (κ3) is 6.92. The van der Waals surface area contributed by atoms with E-state index in [1.165, 1.54) is 6.21 Å². The summed E-state index contributed by atoms with van der Waals surface area (Å²) in [6, 6.07) is 3.57. The number of hydrogen-bond donors (Lipinski definition) is 2. The monoisotopic (exact) mass is 262 g/mol. The lowest BCUT2D eigenvalue weighted by molar-refractivity contribution is -0.129. The minimum absolute atomic E-state index is 0.225. The van der Waals surface area contributed by atoms with Gasteiger partial charge in [-0.2, -0.15) is 5.10 Å². The van der Waals surface area contributed by atoms with Crippen molar-refractivity contribution in [2.24, 2.45) is 11.0 Å². The van der Waals surface area contributed by atoms with Gasteiger partial charge in [0.25, 0.3) is 0 Å². The van der Waals surface area contributed by atoms with Crippen LogP contribution in [0.4, 0.5) is 0 Å². The van der Waals surface area contributed by atoms with Crippen LogP contribution >= 0.6 is 0 Å². The van der Waals surface area contributed by atoms with E-state index in [-0.39, 0.29) is 12.3 Å².